The van der Waals surface area contributed by atoms with E-state index in [9.17, 15) is 43.2 Å². The van der Waals surface area contributed by atoms with Gasteiger partial charge in [0.15, 0.2) is 0 Å². The standard InChI is InChI=1S/2C38H51N3O7.C36H47N3O7/c2*1-9-11-12-13-26-23-14-15-24(18-23)34(26)48-32(42)20-27(38(4,5)6)36(43)41-21-31(22(3)33(41)37(44)46-8)47-35-28(10-2)39-29-17-16-25(45-7)19-30(29)40-35;1-20-29-19-39(31(20)35(42)44-6)34(41)25(36(2,3)4)18-30(40)46-32-22-13-12-21(16-22)24(32)10-8-7-9-11-27-33(45-29)38-28-17-23(43-5)14-15-26(28)37-27/h2*9-10,16-17,19,22-24,26-27,31,33-34H,1-2,11-15,18,20-21H2,3-8H3;9,11,14-15,17,20-22,24-25,29,31-32H,7-8,10,12-13,16,18-19H2,1-6H3/b;;11-9+/t22-,23+,24-,26+,27-,31+,33+,34+;22-,23-,24+,26-,27-,31+,33+,34-;20-,21-,22+,24-,25-,29+,31+,32-/m111/s1. The first kappa shape index (κ1) is 106. The zero-order valence-electron chi connectivity index (χ0n) is 86.4. The van der Waals surface area contributed by atoms with E-state index in [0.29, 0.717) is 127 Å². The van der Waals surface area contributed by atoms with Gasteiger partial charge in [0.05, 0.1) is 132 Å². The quantitative estimate of drug-likeness (QED) is 0.0190. The smallest absolute Gasteiger partial charge is 0.329 e. The Morgan fingerprint density at radius 1 is 0.493 bits per heavy atom. The van der Waals surface area contributed by atoms with Gasteiger partial charge in [-0.25, -0.2) is 44.3 Å². The van der Waals surface area contributed by atoms with Crippen LogP contribution in [-0.4, -0.2) is 215 Å². The molecule has 3 amide bonds. The first-order valence-electron chi connectivity index (χ1n) is 51.2. The van der Waals surface area contributed by atoms with Gasteiger partial charge in [0.1, 0.15) is 89.1 Å². The van der Waals surface area contributed by atoms with Gasteiger partial charge >= 0.3 is 35.8 Å². The van der Waals surface area contributed by atoms with Gasteiger partial charge in [-0.1, -0.05) is 114 Å². The summed E-state index contributed by atoms with van der Waals surface area (Å²) in [6.07, 6.45) is 27.7. The van der Waals surface area contributed by atoms with Gasteiger partial charge in [0, 0.05) is 36.0 Å². The first-order valence-corrected chi connectivity index (χ1v) is 51.2. The van der Waals surface area contributed by atoms with Gasteiger partial charge in [0.2, 0.25) is 35.4 Å². The van der Waals surface area contributed by atoms with Gasteiger partial charge in [-0.2, -0.15) is 0 Å². The van der Waals surface area contributed by atoms with E-state index < -0.39 is 106 Å². The van der Waals surface area contributed by atoms with E-state index in [1.54, 1.807) is 62.6 Å². The number of carbonyl (C=O) groups is 9. The minimum Gasteiger partial charge on any atom is -0.497 e. The second kappa shape index (κ2) is 45.6. The van der Waals surface area contributed by atoms with Gasteiger partial charge < -0.3 is 71.5 Å². The fourth-order valence-corrected chi connectivity index (χ4v) is 24.4. The van der Waals surface area contributed by atoms with Crippen LogP contribution in [0, 0.1) is 105 Å². The van der Waals surface area contributed by atoms with Crippen molar-refractivity contribution in [2.24, 2.45) is 105 Å². The number of ether oxygens (including phenoxy) is 12. The summed E-state index contributed by atoms with van der Waals surface area (Å²) in [4.78, 5) is 157. The van der Waals surface area contributed by atoms with Crippen LogP contribution in [0.5, 0.6) is 34.9 Å². The minimum atomic E-state index is -0.908. The Morgan fingerprint density at radius 2 is 0.923 bits per heavy atom. The number of amides is 3. The summed E-state index contributed by atoms with van der Waals surface area (Å²) in [6.45, 7) is 38.9. The van der Waals surface area contributed by atoms with Crippen LogP contribution in [0.3, 0.4) is 0 Å². The lowest BCUT2D eigenvalue weighted by Gasteiger charge is -2.35. The zero-order valence-corrected chi connectivity index (χ0v) is 86.4. The molecule has 9 fully saturated rings. The fourth-order valence-electron chi connectivity index (χ4n) is 24.4. The van der Waals surface area contributed by atoms with Crippen LogP contribution < -0.4 is 28.4 Å². The molecule has 142 heavy (non-hydrogen) atoms. The molecule has 10 aliphatic rings. The highest BCUT2D eigenvalue weighted by atomic mass is 16.6. The average Bonchev–Trinajstić information content (AvgIpc) is 1.60. The molecule has 0 spiro atoms. The van der Waals surface area contributed by atoms with Crippen LogP contribution in [0.1, 0.15) is 235 Å². The maximum atomic E-state index is 14.5. The van der Waals surface area contributed by atoms with E-state index in [2.05, 4.69) is 42.4 Å². The summed E-state index contributed by atoms with van der Waals surface area (Å²) in [5, 5.41) is 0. The maximum absolute atomic E-state index is 14.5. The monoisotopic (exact) mass is 1960 g/mol. The highest BCUT2D eigenvalue weighted by Crippen LogP contribution is 2.56. The molecule has 3 aromatic carbocycles. The molecule has 3 saturated heterocycles. The molecule has 3 aromatic heterocycles. The number of carbonyl (C=O) groups excluding carboxylic acids is 9. The van der Waals surface area contributed by atoms with Crippen LogP contribution >= 0.6 is 0 Å². The Morgan fingerprint density at radius 3 is 1.36 bits per heavy atom. The van der Waals surface area contributed by atoms with Crippen molar-refractivity contribution in [3.63, 3.8) is 0 Å². The van der Waals surface area contributed by atoms with Gasteiger partial charge in [-0.05, 0) is 240 Å². The number of esters is 6. The van der Waals surface area contributed by atoms with Crippen molar-refractivity contribution in [3.8, 4) is 34.9 Å². The van der Waals surface area contributed by atoms with E-state index in [1.807, 2.05) is 132 Å². The molecule has 7 heterocycles. The predicted molar refractivity (Wildman–Crippen MR) is 538 cm³/mol. The van der Waals surface area contributed by atoms with E-state index in [0.717, 1.165) is 96.3 Å². The van der Waals surface area contributed by atoms with E-state index in [1.165, 1.54) is 50.4 Å². The molecule has 30 heteroatoms. The van der Waals surface area contributed by atoms with Gasteiger partial charge in [-0.15, -0.1) is 13.2 Å². The molecule has 0 radical (unpaired) electrons. The van der Waals surface area contributed by atoms with Crippen molar-refractivity contribution in [2.75, 3.05) is 62.3 Å². The molecule has 768 valence electrons. The molecule has 8 bridgehead atoms. The van der Waals surface area contributed by atoms with Crippen molar-refractivity contribution in [2.45, 2.75) is 273 Å². The molecular formula is C112H149N9O21. The number of hydrogen-bond donors (Lipinski definition) is 0. The van der Waals surface area contributed by atoms with Gasteiger partial charge in [-0.3, -0.25) is 28.8 Å². The normalized spacial score (nSPS) is 28.8. The fraction of sp³-hybridized carbons (Fsp3) is 0.616. The minimum absolute atomic E-state index is 0.0435. The number of hydrogen-bond acceptors (Lipinski definition) is 27. The van der Waals surface area contributed by atoms with E-state index >= 15 is 0 Å². The number of unbranched alkanes of at least 4 members (excludes halogenated alkanes) is 2. The third-order valence-corrected chi connectivity index (χ3v) is 32.4. The molecule has 4 aliphatic heterocycles. The molecular weight excluding hydrogens is 1810 g/mol. The summed E-state index contributed by atoms with van der Waals surface area (Å²) in [5.74, 6) is -0.307. The largest absolute Gasteiger partial charge is 0.497 e. The molecule has 0 unspecified atom stereocenters. The molecule has 0 N–H and O–H groups in total. The second-order valence-corrected chi connectivity index (χ2v) is 44.1. The second-order valence-electron chi connectivity index (χ2n) is 44.1. The van der Waals surface area contributed by atoms with E-state index in [4.69, 9.17) is 76.8 Å². The molecule has 16 rings (SSSR count). The van der Waals surface area contributed by atoms with Gasteiger partial charge in [0.25, 0.3) is 0 Å². The average molecular weight is 1960 g/mol. The number of rotatable bonds is 28. The van der Waals surface area contributed by atoms with Crippen molar-refractivity contribution in [3.05, 3.63) is 116 Å². The van der Waals surface area contributed by atoms with Crippen LogP contribution in [-0.2, 0) is 71.6 Å². The number of aromatic nitrogens is 6. The summed E-state index contributed by atoms with van der Waals surface area (Å²) in [5.41, 5.74) is 3.50. The van der Waals surface area contributed by atoms with Crippen molar-refractivity contribution in [1.29, 1.82) is 0 Å². The first-order chi connectivity index (χ1) is 67.8. The van der Waals surface area contributed by atoms with Crippen LogP contribution in [0.4, 0.5) is 0 Å². The Bertz CT molecular complexity index is 5440. The summed E-state index contributed by atoms with van der Waals surface area (Å²) < 4.78 is 69.8. The number of nitrogens with zero attached hydrogens (tertiary/aromatic N) is 9. The third kappa shape index (κ3) is 23.4. The van der Waals surface area contributed by atoms with Crippen LogP contribution in [0.15, 0.2) is 99.1 Å². The number of allylic oxidation sites excluding steroid dienone is 3. The molecule has 24 atom stereocenters. The summed E-state index contributed by atoms with van der Waals surface area (Å²) in [7, 11) is 8.70. The Balaban J connectivity index is 0.000000169. The molecule has 6 aliphatic carbocycles. The van der Waals surface area contributed by atoms with Crippen molar-refractivity contribution >= 4 is 105 Å². The van der Waals surface area contributed by atoms with E-state index in [-0.39, 0.29) is 105 Å². The topological polar surface area (TPSA) is 351 Å². The molecule has 6 aromatic rings. The van der Waals surface area contributed by atoms with Crippen LogP contribution in [0.2, 0.25) is 0 Å². The number of fused-ring (bicyclic) bond motifs is 15. The number of benzene rings is 3. The van der Waals surface area contributed by atoms with Crippen molar-refractivity contribution in [1.82, 2.24) is 44.6 Å². The summed E-state index contributed by atoms with van der Waals surface area (Å²) in [6, 6.07) is 13.6. The Kier molecular flexibility index (Phi) is 34.1. The summed E-state index contributed by atoms with van der Waals surface area (Å²) >= 11 is 0. The zero-order chi connectivity index (χ0) is 102. The number of likely N-dealkylation sites (tertiary alicyclic amines) is 2. The van der Waals surface area contributed by atoms with Crippen molar-refractivity contribution < 1.29 is 100.0 Å². The lowest BCUT2D eigenvalue weighted by molar-refractivity contribution is -0.162. The SMILES string of the molecule is C=CCCC[C@@H]1[C@@H]2CC[C@@H](C2)[C@H]1OC(=O)C[C@H](C(=O)N1C[C@H](Oc2nc3cc(OC)ccc3nc2C=C)[C@@H](C)[C@H]1C(=O)OC)C(C)(C)C.C=CCCC[C@H]1[C@H]2CC[C@H](C2)[C@@H]1OC(=O)C[C@H](C(=O)N1C[C@H](Oc2nc3cc(OC)ccc3nc2C=C)[C@@H](C)[C@H]1C(=O)OC)C(C)(C)C.COC(=O)[C@@H]1[C@H](C)[C@@H]2CN1C(=O)[C@H](C(C)(C)C)CC(=O)O[C@@H]1[C@H]3CC[C@H](C3)[C@H]1CCC/C=C/c1nc3ccc(OC)cc3nc1O2. The molecule has 30 nitrogen and oxygen atoms in total. The lowest BCUT2D eigenvalue weighted by Crippen LogP contribution is -2.49. The highest BCUT2D eigenvalue weighted by molar-refractivity contribution is 5.93. The highest BCUT2D eigenvalue weighted by Gasteiger charge is 2.58. The maximum Gasteiger partial charge on any atom is 0.329 e. The Labute approximate surface area is 836 Å². The molecule has 6 saturated carbocycles. The number of methoxy groups -OCH3 is 6. The predicted octanol–water partition coefficient (Wildman–Crippen LogP) is 18.4. The Hall–Kier alpha value is -11.6. The third-order valence-electron chi connectivity index (χ3n) is 32.4. The van der Waals surface area contributed by atoms with Crippen LogP contribution in [0.25, 0.3) is 51.3 Å². The lowest BCUT2D eigenvalue weighted by atomic mass is 9.77.